The molecular weight excluding hydrogens is 318 g/mol. The third-order valence-corrected chi connectivity index (χ3v) is 4.67. The van der Waals surface area contributed by atoms with Crippen LogP contribution in [0.25, 0.3) is 0 Å². The Morgan fingerprint density at radius 3 is 2.48 bits per heavy atom. The van der Waals surface area contributed by atoms with Crippen molar-refractivity contribution in [2.24, 2.45) is 0 Å². The van der Waals surface area contributed by atoms with Crippen molar-refractivity contribution in [3.05, 3.63) is 54.1 Å². The van der Waals surface area contributed by atoms with E-state index in [9.17, 15) is 14.4 Å². The van der Waals surface area contributed by atoms with Crippen molar-refractivity contribution < 1.29 is 14.4 Å². The zero-order valence-corrected chi connectivity index (χ0v) is 13.7. The average Bonchev–Trinajstić information content (AvgIpc) is 2.77. The molecule has 0 aliphatic carbocycles. The Morgan fingerprint density at radius 1 is 1.00 bits per heavy atom. The molecule has 2 amide bonds. The number of carbonyl (C=O) groups excluding carboxylic acids is 3. The summed E-state index contributed by atoms with van der Waals surface area (Å²) in [7, 11) is 0. The molecule has 2 aromatic carbocycles. The van der Waals surface area contributed by atoms with Crippen LogP contribution < -0.4 is 15.1 Å². The molecule has 0 bridgehead atoms. The predicted molar refractivity (Wildman–Crippen MR) is 94.8 cm³/mol. The third-order valence-electron chi connectivity index (χ3n) is 4.67. The van der Waals surface area contributed by atoms with Gasteiger partial charge in [0.2, 0.25) is 5.91 Å². The van der Waals surface area contributed by atoms with Gasteiger partial charge in [0.05, 0.1) is 29.3 Å². The van der Waals surface area contributed by atoms with E-state index in [4.69, 9.17) is 0 Å². The summed E-state index contributed by atoms with van der Waals surface area (Å²) in [6.45, 7) is 2.16. The van der Waals surface area contributed by atoms with Crippen LogP contribution >= 0.6 is 0 Å². The number of nitrogens with zero attached hydrogens (tertiary/aromatic N) is 2. The zero-order chi connectivity index (χ0) is 17.6. The predicted octanol–water partition coefficient (Wildman–Crippen LogP) is 2.41. The number of carbonyl (C=O) groups is 3. The molecule has 2 heterocycles. The molecule has 1 N–H and O–H groups in total. The van der Waals surface area contributed by atoms with Gasteiger partial charge in [-0.05, 0) is 31.2 Å². The first-order valence-electron chi connectivity index (χ1n) is 8.17. The molecule has 0 saturated heterocycles. The second-order valence-electron chi connectivity index (χ2n) is 6.31. The molecule has 2 aliphatic heterocycles. The van der Waals surface area contributed by atoms with Gasteiger partial charge in [0, 0.05) is 12.5 Å². The van der Waals surface area contributed by atoms with Gasteiger partial charge in [0.1, 0.15) is 0 Å². The van der Waals surface area contributed by atoms with Gasteiger partial charge in [0.15, 0.2) is 0 Å². The normalized spacial score (nSPS) is 19.4. The van der Waals surface area contributed by atoms with Gasteiger partial charge < -0.3 is 10.2 Å². The maximum atomic E-state index is 12.5. The fraction of sp³-hybridized carbons (Fsp3) is 0.211. The van der Waals surface area contributed by atoms with Crippen molar-refractivity contribution in [1.82, 2.24) is 0 Å². The Bertz CT molecular complexity index is 893. The molecule has 2 aliphatic rings. The minimum Gasteiger partial charge on any atom is -0.348 e. The first-order valence-corrected chi connectivity index (χ1v) is 8.17. The summed E-state index contributed by atoms with van der Waals surface area (Å²) in [5, 5.41) is 2.90. The molecule has 6 nitrogen and oxygen atoms in total. The van der Waals surface area contributed by atoms with Gasteiger partial charge in [-0.3, -0.25) is 19.3 Å². The quantitative estimate of drug-likeness (QED) is 0.856. The van der Waals surface area contributed by atoms with E-state index >= 15 is 0 Å². The summed E-state index contributed by atoms with van der Waals surface area (Å²) in [6.07, 6.45) is 0.312. The minimum absolute atomic E-state index is 0.0633. The highest BCUT2D eigenvalue weighted by molar-refractivity contribution is 6.52. The van der Waals surface area contributed by atoms with Crippen molar-refractivity contribution >= 4 is 34.7 Å². The topological polar surface area (TPSA) is 69.7 Å². The lowest BCUT2D eigenvalue weighted by atomic mass is 10.1. The van der Waals surface area contributed by atoms with Crippen LogP contribution in [0.15, 0.2) is 48.5 Å². The summed E-state index contributed by atoms with van der Waals surface area (Å²) >= 11 is 0. The van der Waals surface area contributed by atoms with Crippen molar-refractivity contribution in [3.63, 3.8) is 0 Å². The molecule has 0 radical (unpaired) electrons. The van der Waals surface area contributed by atoms with Crippen LogP contribution in [0.3, 0.4) is 0 Å². The number of rotatable bonds is 2. The van der Waals surface area contributed by atoms with Crippen LogP contribution in [-0.4, -0.2) is 30.3 Å². The van der Waals surface area contributed by atoms with Crippen LogP contribution in [0.4, 0.5) is 17.1 Å². The monoisotopic (exact) mass is 335 g/mol. The summed E-state index contributed by atoms with van der Waals surface area (Å²) in [6, 6.07) is 14.4. The first kappa shape index (κ1) is 15.4. The van der Waals surface area contributed by atoms with Gasteiger partial charge in [-0.15, -0.1) is 0 Å². The average molecular weight is 335 g/mol. The fourth-order valence-corrected chi connectivity index (χ4v) is 3.40. The van der Waals surface area contributed by atoms with Crippen LogP contribution in [0, 0.1) is 0 Å². The molecule has 6 heteroatoms. The van der Waals surface area contributed by atoms with E-state index in [1.54, 1.807) is 18.2 Å². The van der Waals surface area contributed by atoms with E-state index in [0.29, 0.717) is 23.4 Å². The third kappa shape index (κ3) is 2.46. The Morgan fingerprint density at radius 2 is 1.68 bits per heavy atom. The van der Waals surface area contributed by atoms with Gasteiger partial charge >= 0.3 is 5.91 Å². The van der Waals surface area contributed by atoms with Gasteiger partial charge in [-0.2, -0.15) is 0 Å². The van der Waals surface area contributed by atoms with Crippen LogP contribution in [0.1, 0.15) is 23.7 Å². The fourth-order valence-electron chi connectivity index (χ4n) is 3.40. The highest BCUT2D eigenvalue weighted by Gasteiger charge is 2.37. The van der Waals surface area contributed by atoms with E-state index in [2.05, 4.69) is 5.32 Å². The number of amides is 2. The molecule has 1 unspecified atom stereocenters. The standard InChI is InChI=1S/C19H17N3O3/c1-12-10-17(23)20-14-7-3-5-9-16(14)21(12)11-22-15-8-4-2-6-13(15)18(24)19(22)25/h2-9,12H,10-11H2,1H3,(H,20,23). The number of anilines is 3. The van der Waals surface area contributed by atoms with Gasteiger partial charge in [-0.25, -0.2) is 0 Å². The lowest BCUT2D eigenvalue weighted by Crippen LogP contribution is -2.45. The second-order valence-corrected chi connectivity index (χ2v) is 6.31. The largest absolute Gasteiger partial charge is 0.348 e. The molecule has 4 rings (SSSR count). The molecule has 25 heavy (non-hydrogen) atoms. The molecule has 0 fully saturated rings. The molecule has 1 atom stereocenters. The molecule has 0 aromatic heterocycles. The number of hydrogen-bond donors (Lipinski definition) is 1. The number of ketones is 1. The number of hydrogen-bond acceptors (Lipinski definition) is 4. The van der Waals surface area contributed by atoms with Crippen molar-refractivity contribution in [2.45, 2.75) is 19.4 Å². The smallest absolute Gasteiger partial charge is 0.300 e. The van der Waals surface area contributed by atoms with Crippen molar-refractivity contribution in [2.75, 3.05) is 21.8 Å². The Labute approximate surface area is 145 Å². The SMILES string of the molecule is CC1CC(=O)Nc2ccccc2N1CN1C(=O)C(=O)c2ccccc21. The maximum Gasteiger partial charge on any atom is 0.300 e. The summed E-state index contributed by atoms with van der Waals surface area (Å²) in [4.78, 5) is 40.2. The number of nitrogens with one attached hydrogen (secondary N) is 1. The van der Waals surface area contributed by atoms with Crippen LogP contribution in [0.5, 0.6) is 0 Å². The van der Waals surface area contributed by atoms with Crippen LogP contribution in [-0.2, 0) is 9.59 Å². The van der Waals surface area contributed by atoms with Gasteiger partial charge in [-0.1, -0.05) is 24.3 Å². The number of benzene rings is 2. The van der Waals surface area contributed by atoms with E-state index < -0.39 is 11.7 Å². The maximum absolute atomic E-state index is 12.5. The van der Waals surface area contributed by atoms with Crippen molar-refractivity contribution in [3.8, 4) is 0 Å². The molecule has 2 aromatic rings. The zero-order valence-electron chi connectivity index (χ0n) is 13.7. The molecule has 0 saturated carbocycles. The van der Waals surface area contributed by atoms with Crippen LogP contribution in [0.2, 0.25) is 0 Å². The molecule has 126 valence electrons. The second kappa shape index (κ2) is 5.73. The number of para-hydroxylation sites is 3. The van der Waals surface area contributed by atoms with E-state index in [-0.39, 0.29) is 18.6 Å². The Balaban J connectivity index is 1.74. The Kier molecular flexibility index (Phi) is 3.53. The molecule has 0 spiro atoms. The Hall–Kier alpha value is -3.15. The van der Waals surface area contributed by atoms with E-state index in [1.807, 2.05) is 42.2 Å². The van der Waals surface area contributed by atoms with E-state index in [0.717, 1.165) is 5.69 Å². The van der Waals surface area contributed by atoms with Crippen molar-refractivity contribution in [1.29, 1.82) is 0 Å². The van der Waals surface area contributed by atoms with E-state index in [1.165, 1.54) is 4.90 Å². The summed E-state index contributed by atoms with van der Waals surface area (Å²) in [5.41, 5.74) is 2.59. The number of fused-ring (bicyclic) bond motifs is 2. The molecular formula is C19H17N3O3. The minimum atomic E-state index is -0.533. The first-order chi connectivity index (χ1) is 12.1. The van der Waals surface area contributed by atoms with Gasteiger partial charge in [0.25, 0.3) is 5.78 Å². The number of Topliss-reactive ketones (excluding diaryl/α,β-unsaturated/α-hetero) is 1. The summed E-state index contributed by atoms with van der Waals surface area (Å²) < 4.78 is 0. The lowest BCUT2D eigenvalue weighted by molar-refractivity contribution is -0.116. The highest BCUT2D eigenvalue weighted by atomic mass is 16.2. The lowest BCUT2D eigenvalue weighted by Gasteiger charge is -2.33. The summed E-state index contributed by atoms with van der Waals surface area (Å²) in [5.74, 6) is -1.08. The highest BCUT2D eigenvalue weighted by Crippen LogP contribution is 2.34.